The molecule has 1 heterocycles. The van der Waals surface area contributed by atoms with Gasteiger partial charge in [0.2, 0.25) is 5.91 Å². The van der Waals surface area contributed by atoms with Gasteiger partial charge in [0.25, 0.3) is 0 Å². The van der Waals surface area contributed by atoms with E-state index in [2.05, 4.69) is 26.1 Å². The molecule has 0 saturated carbocycles. The van der Waals surface area contributed by atoms with Crippen LogP contribution in [0.5, 0.6) is 0 Å². The fourth-order valence-electron chi connectivity index (χ4n) is 2.11. The number of nitrogens with one attached hydrogen (secondary N) is 1. The molecule has 1 aliphatic heterocycles. The number of carbonyl (C=O) groups is 1. The molecule has 100 valence electrons. The number of carbonyl (C=O) groups excluding carboxylic acids is 1. The molecule has 0 aliphatic carbocycles. The predicted molar refractivity (Wildman–Crippen MR) is 68.7 cm³/mol. The molecule has 1 amide bonds. The number of rotatable bonds is 7. The van der Waals surface area contributed by atoms with Crippen molar-refractivity contribution in [2.45, 2.75) is 52.7 Å². The van der Waals surface area contributed by atoms with Crippen LogP contribution in [0.2, 0.25) is 0 Å². The average molecular weight is 242 g/mol. The predicted octanol–water partition coefficient (Wildman–Crippen LogP) is 1.61. The van der Waals surface area contributed by atoms with Crippen molar-refractivity contribution >= 4 is 5.91 Å². The zero-order valence-electron chi connectivity index (χ0n) is 11.5. The van der Waals surface area contributed by atoms with Gasteiger partial charge >= 0.3 is 0 Å². The first-order chi connectivity index (χ1) is 8.06. The van der Waals surface area contributed by atoms with Crippen molar-refractivity contribution in [3.63, 3.8) is 0 Å². The zero-order valence-corrected chi connectivity index (χ0v) is 11.5. The van der Waals surface area contributed by atoms with Crippen LogP contribution in [-0.4, -0.2) is 42.8 Å². The maximum Gasteiger partial charge on any atom is 0.240 e. The van der Waals surface area contributed by atoms with Gasteiger partial charge in [-0.05, 0) is 25.7 Å². The molecule has 0 aromatic rings. The molecular formula is C13H26N2O2. The Morgan fingerprint density at radius 3 is 2.76 bits per heavy atom. The molecule has 0 radical (unpaired) electrons. The second-order valence-electron chi connectivity index (χ2n) is 5.17. The highest BCUT2D eigenvalue weighted by molar-refractivity contribution is 5.83. The lowest BCUT2D eigenvalue weighted by Gasteiger charge is -2.23. The molecule has 1 rings (SSSR count). The van der Waals surface area contributed by atoms with Crippen molar-refractivity contribution in [2.24, 2.45) is 5.92 Å². The van der Waals surface area contributed by atoms with E-state index in [9.17, 15) is 4.79 Å². The van der Waals surface area contributed by atoms with Gasteiger partial charge in [-0.3, -0.25) is 10.1 Å². The molecule has 4 nitrogen and oxygen atoms in total. The third-order valence-electron chi connectivity index (χ3n) is 3.00. The quantitative estimate of drug-likeness (QED) is 0.690. The Kier molecular flexibility index (Phi) is 5.92. The van der Waals surface area contributed by atoms with Gasteiger partial charge in [0.05, 0.1) is 12.2 Å². The van der Waals surface area contributed by atoms with Gasteiger partial charge in [-0.25, -0.2) is 0 Å². The van der Waals surface area contributed by atoms with Crippen molar-refractivity contribution in [1.29, 1.82) is 0 Å². The standard InChI is InChI=1S/C13H26N2O2/c1-5-12-14-11(4)13(16)15(12)7-6-8-17-9-10(2)3/h10-12,14H,5-9H2,1-4H3. The van der Waals surface area contributed by atoms with Gasteiger partial charge in [0.15, 0.2) is 0 Å². The normalized spacial score (nSPS) is 25.0. The molecule has 4 heteroatoms. The lowest BCUT2D eigenvalue weighted by molar-refractivity contribution is -0.130. The second kappa shape index (κ2) is 6.97. The highest BCUT2D eigenvalue weighted by atomic mass is 16.5. The fourth-order valence-corrected chi connectivity index (χ4v) is 2.11. The first-order valence-corrected chi connectivity index (χ1v) is 6.70. The number of amides is 1. The Balaban J connectivity index is 2.23. The maximum atomic E-state index is 11.9. The summed E-state index contributed by atoms with van der Waals surface area (Å²) in [4.78, 5) is 13.8. The summed E-state index contributed by atoms with van der Waals surface area (Å²) < 4.78 is 5.53. The number of nitrogens with zero attached hydrogens (tertiary/aromatic N) is 1. The van der Waals surface area contributed by atoms with Crippen LogP contribution in [0.3, 0.4) is 0 Å². The van der Waals surface area contributed by atoms with E-state index in [4.69, 9.17) is 4.74 Å². The highest BCUT2D eigenvalue weighted by Crippen LogP contribution is 2.13. The van der Waals surface area contributed by atoms with Gasteiger partial charge in [-0.2, -0.15) is 0 Å². The summed E-state index contributed by atoms with van der Waals surface area (Å²) in [6, 6.07) is -0.0310. The summed E-state index contributed by atoms with van der Waals surface area (Å²) in [5, 5.41) is 3.30. The van der Waals surface area contributed by atoms with Crippen LogP contribution in [0.15, 0.2) is 0 Å². The Morgan fingerprint density at radius 2 is 2.18 bits per heavy atom. The van der Waals surface area contributed by atoms with Crippen LogP contribution < -0.4 is 5.32 Å². The molecule has 1 saturated heterocycles. The minimum absolute atomic E-state index is 0.0310. The van der Waals surface area contributed by atoms with Gasteiger partial charge in [-0.15, -0.1) is 0 Å². The van der Waals surface area contributed by atoms with Crippen molar-refractivity contribution in [3.8, 4) is 0 Å². The van der Waals surface area contributed by atoms with Crippen molar-refractivity contribution in [1.82, 2.24) is 10.2 Å². The maximum absolute atomic E-state index is 11.9. The summed E-state index contributed by atoms with van der Waals surface area (Å²) >= 11 is 0. The van der Waals surface area contributed by atoms with Crippen LogP contribution in [0.4, 0.5) is 0 Å². The fraction of sp³-hybridized carbons (Fsp3) is 0.923. The average Bonchev–Trinajstić information content (AvgIpc) is 2.55. The smallest absolute Gasteiger partial charge is 0.240 e. The third-order valence-corrected chi connectivity index (χ3v) is 3.00. The van der Waals surface area contributed by atoms with E-state index in [1.54, 1.807) is 0 Å². The van der Waals surface area contributed by atoms with Crippen LogP contribution in [0.1, 0.15) is 40.5 Å². The monoisotopic (exact) mass is 242 g/mol. The Hall–Kier alpha value is -0.610. The molecule has 0 bridgehead atoms. The molecule has 0 aromatic carbocycles. The van der Waals surface area contributed by atoms with Gasteiger partial charge < -0.3 is 9.64 Å². The van der Waals surface area contributed by atoms with Gasteiger partial charge in [0, 0.05) is 19.8 Å². The first-order valence-electron chi connectivity index (χ1n) is 6.70. The van der Waals surface area contributed by atoms with E-state index in [-0.39, 0.29) is 18.1 Å². The minimum Gasteiger partial charge on any atom is -0.381 e. The Bertz CT molecular complexity index is 244. The van der Waals surface area contributed by atoms with Gasteiger partial charge in [0.1, 0.15) is 0 Å². The molecule has 2 unspecified atom stereocenters. The Morgan fingerprint density at radius 1 is 1.47 bits per heavy atom. The molecule has 0 spiro atoms. The van der Waals surface area contributed by atoms with Crippen molar-refractivity contribution in [3.05, 3.63) is 0 Å². The molecule has 0 aromatic heterocycles. The molecular weight excluding hydrogens is 216 g/mol. The summed E-state index contributed by atoms with van der Waals surface area (Å²) in [7, 11) is 0. The summed E-state index contributed by atoms with van der Waals surface area (Å²) in [6.45, 7) is 10.7. The van der Waals surface area contributed by atoms with Crippen LogP contribution in [-0.2, 0) is 9.53 Å². The van der Waals surface area contributed by atoms with Crippen LogP contribution >= 0.6 is 0 Å². The van der Waals surface area contributed by atoms with E-state index in [0.717, 1.165) is 32.6 Å². The van der Waals surface area contributed by atoms with E-state index >= 15 is 0 Å². The topological polar surface area (TPSA) is 41.6 Å². The van der Waals surface area contributed by atoms with Crippen molar-refractivity contribution < 1.29 is 9.53 Å². The number of hydrogen-bond acceptors (Lipinski definition) is 3. The molecule has 2 atom stereocenters. The number of hydrogen-bond donors (Lipinski definition) is 1. The largest absolute Gasteiger partial charge is 0.381 e. The van der Waals surface area contributed by atoms with E-state index in [0.29, 0.717) is 5.92 Å². The summed E-state index contributed by atoms with van der Waals surface area (Å²) in [5.74, 6) is 0.800. The number of ether oxygens (including phenoxy) is 1. The zero-order chi connectivity index (χ0) is 12.8. The second-order valence-corrected chi connectivity index (χ2v) is 5.17. The lowest BCUT2D eigenvalue weighted by Crippen LogP contribution is -2.37. The summed E-state index contributed by atoms with van der Waals surface area (Å²) in [6.07, 6.45) is 2.09. The lowest BCUT2D eigenvalue weighted by atomic mass is 10.2. The van der Waals surface area contributed by atoms with E-state index in [1.807, 2.05) is 11.8 Å². The van der Waals surface area contributed by atoms with Crippen LogP contribution in [0.25, 0.3) is 0 Å². The first kappa shape index (κ1) is 14.5. The van der Waals surface area contributed by atoms with Crippen molar-refractivity contribution in [2.75, 3.05) is 19.8 Å². The van der Waals surface area contributed by atoms with Crippen LogP contribution in [0, 0.1) is 5.92 Å². The Labute approximate surface area is 105 Å². The van der Waals surface area contributed by atoms with Gasteiger partial charge in [-0.1, -0.05) is 20.8 Å². The highest BCUT2D eigenvalue weighted by Gasteiger charge is 2.34. The molecule has 1 fully saturated rings. The molecule has 17 heavy (non-hydrogen) atoms. The summed E-state index contributed by atoms with van der Waals surface area (Å²) in [5.41, 5.74) is 0. The third kappa shape index (κ3) is 4.28. The minimum atomic E-state index is -0.0310. The SMILES string of the molecule is CCC1NC(C)C(=O)N1CCCOCC(C)C. The molecule has 1 aliphatic rings. The molecule has 1 N–H and O–H groups in total. The van der Waals surface area contributed by atoms with E-state index < -0.39 is 0 Å². The van der Waals surface area contributed by atoms with E-state index in [1.165, 1.54) is 0 Å².